The van der Waals surface area contributed by atoms with Crippen LogP contribution in [0.3, 0.4) is 0 Å². The Morgan fingerprint density at radius 1 is 1.23 bits per heavy atom. The van der Waals surface area contributed by atoms with Crippen LogP contribution in [-0.4, -0.2) is 21.1 Å². The molecule has 0 unspecified atom stereocenters. The van der Waals surface area contributed by atoms with E-state index in [0.29, 0.717) is 23.7 Å². The van der Waals surface area contributed by atoms with Crippen LogP contribution in [0.1, 0.15) is 21.1 Å². The zero-order valence-electron chi connectivity index (χ0n) is 14.0. The highest BCUT2D eigenvalue weighted by molar-refractivity contribution is 7.15. The molecule has 26 heavy (non-hydrogen) atoms. The molecule has 0 fully saturated rings. The van der Waals surface area contributed by atoms with E-state index in [0.717, 1.165) is 21.1 Å². The maximum Gasteiger partial charge on any atom is 0.272 e. The van der Waals surface area contributed by atoms with E-state index in [1.807, 2.05) is 37.3 Å². The molecule has 0 bridgehead atoms. The van der Waals surface area contributed by atoms with Crippen LogP contribution in [0.25, 0.3) is 22.0 Å². The molecule has 3 aromatic heterocycles. The zero-order valence-corrected chi connectivity index (χ0v) is 14.8. The topological polar surface area (TPSA) is 83.8 Å². The van der Waals surface area contributed by atoms with Crippen LogP contribution in [0.15, 0.2) is 59.2 Å². The molecule has 4 rings (SSSR count). The summed E-state index contributed by atoms with van der Waals surface area (Å²) in [6, 6.07) is 15.3. The number of carbonyl (C=O) groups excluding carboxylic acids is 1. The van der Waals surface area contributed by atoms with Gasteiger partial charge in [-0.15, -0.1) is 11.3 Å². The zero-order chi connectivity index (χ0) is 17.9. The molecule has 2 N–H and O–H groups in total. The molecular formula is C19H16N4O2S. The number of aromatic amines is 1. The Balaban J connectivity index is 1.44. The monoisotopic (exact) mass is 364 g/mol. The first-order valence-corrected chi connectivity index (χ1v) is 8.91. The molecule has 6 nitrogen and oxygen atoms in total. The summed E-state index contributed by atoms with van der Waals surface area (Å²) >= 11 is 1.58. The van der Waals surface area contributed by atoms with Crippen molar-refractivity contribution in [3.05, 3.63) is 71.1 Å². The molecule has 3 heterocycles. The van der Waals surface area contributed by atoms with E-state index >= 15 is 0 Å². The van der Waals surface area contributed by atoms with Gasteiger partial charge in [-0.05, 0) is 19.1 Å². The number of rotatable bonds is 5. The van der Waals surface area contributed by atoms with E-state index in [2.05, 4.69) is 20.5 Å². The lowest BCUT2D eigenvalue weighted by molar-refractivity contribution is 0.0946. The Hall–Kier alpha value is -3.19. The molecule has 1 amide bonds. The summed E-state index contributed by atoms with van der Waals surface area (Å²) in [6.45, 7) is 2.37. The molecule has 0 radical (unpaired) electrons. The quantitative estimate of drug-likeness (QED) is 0.560. The van der Waals surface area contributed by atoms with Gasteiger partial charge in [-0.3, -0.25) is 9.89 Å². The van der Waals surface area contributed by atoms with Gasteiger partial charge in [-0.25, -0.2) is 4.98 Å². The van der Waals surface area contributed by atoms with Crippen molar-refractivity contribution >= 4 is 17.2 Å². The number of amides is 1. The fourth-order valence-electron chi connectivity index (χ4n) is 2.54. The van der Waals surface area contributed by atoms with E-state index in [-0.39, 0.29) is 5.91 Å². The number of aryl methyl sites for hydroxylation is 1. The van der Waals surface area contributed by atoms with Crippen molar-refractivity contribution in [3.8, 4) is 22.0 Å². The molecule has 0 saturated carbocycles. The van der Waals surface area contributed by atoms with E-state index < -0.39 is 0 Å². The Labute approximate surface area is 153 Å². The summed E-state index contributed by atoms with van der Waals surface area (Å²) in [4.78, 5) is 18.0. The Bertz CT molecular complexity index is 1020. The van der Waals surface area contributed by atoms with Crippen molar-refractivity contribution in [3.63, 3.8) is 0 Å². The lowest BCUT2D eigenvalue weighted by atomic mass is 10.2. The minimum Gasteiger partial charge on any atom is -0.463 e. The molecule has 0 aliphatic heterocycles. The second-order valence-electron chi connectivity index (χ2n) is 5.72. The van der Waals surface area contributed by atoms with Gasteiger partial charge < -0.3 is 9.73 Å². The predicted molar refractivity (Wildman–Crippen MR) is 99.7 cm³/mol. The van der Waals surface area contributed by atoms with Gasteiger partial charge in [-0.2, -0.15) is 5.10 Å². The number of H-pyrrole nitrogens is 1. The Morgan fingerprint density at radius 2 is 2.08 bits per heavy atom. The number of carbonyl (C=O) groups is 1. The van der Waals surface area contributed by atoms with Crippen LogP contribution in [0.5, 0.6) is 0 Å². The summed E-state index contributed by atoms with van der Waals surface area (Å²) in [5, 5.41) is 10.7. The molecule has 130 valence electrons. The summed E-state index contributed by atoms with van der Waals surface area (Å²) in [6.07, 6.45) is 1.58. The highest BCUT2D eigenvalue weighted by Crippen LogP contribution is 2.27. The largest absolute Gasteiger partial charge is 0.463 e. The summed E-state index contributed by atoms with van der Waals surface area (Å²) in [5.41, 5.74) is 2.99. The number of nitrogens with zero attached hydrogens (tertiary/aromatic N) is 2. The fraction of sp³-hybridized carbons (Fsp3) is 0.105. The fourth-order valence-corrected chi connectivity index (χ4v) is 3.55. The van der Waals surface area contributed by atoms with Crippen LogP contribution < -0.4 is 5.32 Å². The van der Waals surface area contributed by atoms with Gasteiger partial charge in [0.15, 0.2) is 11.5 Å². The van der Waals surface area contributed by atoms with E-state index in [9.17, 15) is 4.79 Å². The predicted octanol–water partition coefficient (Wildman–Crippen LogP) is 4.03. The van der Waals surface area contributed by atoms with Crippen LogP contribution in [0, 0.1) is 6.92 Å². The highest BCUT2D eigenvalue weighted by atomic mass is 32.1. The second-order valence-corrected chi connectivity index (χ2v) is 6.80. The summed E-state index contributed by atoms with van der Waals surface area (Å²) < 4.78 is 5.29. The van der Waals surface area contributed by atoms with Gasteiger partial charge in [0.1, 0.15) is 10.7 Å². The number of thiazole rings is 1. The van der Waals surface area contributed by atoms with Crippen molar-refractivity contribution in [2.24, 2.45) is 0 Å². The average molecular weight is 364 g/mol. The number of furan rings is 1. The van der Waals surface area contributed by atoms with Gasteiger partial charge in [0.25, 0.3) is 5.91 Å². The number of aromatic nitrogens is 3. The van der Waals surface area contributed by atoms with Crippen molar-refractivity contribution in [1.82, 2.24) is 20.5 Å². The molecule has 0 spiro atoms. The average Bonchev–Trinajstić information content (AvgIpc) is 3.41. The smallest absolute Gasteiger partial charge is 0.272 e. The first kappa shape index (κ1) is 16.3. The maximum absolute atomic E-state index is 12.3. The lowest BCUT2D eigenvalue weighted by Gasteiger charge is -2.01. The molecule has 0 atom stereocenters. The standard InChI is InChI=1S/C19H16N4O2S/c1-12-17(26-19(21-12)13-6-3-2-4-7-13)11-20-18(24)15-10-14(22-23-15)16-8-5-9-25-16/h2-10H,11H2,1H3,(H,20,24)(H,22,23). The van der Waals surface area contributed by atoms with Gasteiger partial charge in [0.05, 0.1) is 18.5 Å². The highest BCUT2D eigenvalue weighted by Gasteiger charge is 2.14. The van der Waals surface area contributed by atoms with Crippen LogP contribution in [0.4, 0.5) is 0 Å². The number of hydrogen-bond acceptors (Lipinski definition) is 5. The van der Waals surface area contributed by atoms with E-state index in [4.69, 9.17) is 4.42 Å². The maximum atomic E-state index is 12.3. The summed E-state index contributed by atoms with van der Waals surface area (Å²) in [7, 11) is 0. The second kappa shape index (κ2) is 6.97. The minimum atomic E-state index is -0.242. The molecular weight excluding hydrogens is 348 g/mol. The van der Waals surface area contributed by atoms with E-state index in [1.165, 1.54) is 0 Å². The Kier molecular flexibility index (Phi) is 4.37. The third-order valence-corrected chi connectivity index (χ3v) is 5.13. The molecule has 0 aliphatic carbocycles. The van der Waals surface area contributed by atoms with Gasteiger partial charge >= 0.3 is 0 Å². The van der Waals surface area contributed by atoms with Crippen molar-refractivity contribution in [2.45, 2.75) is 13.5 Å². The van der Waals surface area contributed by atoms with Crippen LogP contribution in [-0.2, 0) is 6.54 Å². The molecule has 7 heteroatoms. The van der Waals surface area contributed by atoms with Crippen molar-refractivity contribution in [1.29, 1.82) is 0 Å². The minimum absolute atomic E-state index is 0.242. The third-order valence-electron chi connectivity index (χ3n) is 3.92. The molecule has 4 aromatic rings. The molecule has 0 saturated heterocycles. The molecule has 1 aromatic carbocycles. The number of benzene rings is 1. The van der Waals surface area contributed by atoms with Gasteiger partial charge in [-0.1, -0.05) is 30.3 Å². The van der Waals surface area contributed by atoms with Gasteiger partial charge in [0.2, 0.25) is 0 Å². The molecule has 0 aliphatic rings. The van der Waals surface area contributed by atoms with Crippen LogP contribution >= 0.6 is 11.3 Å². The SMILES string of the molecule is Cc1nc(-c2ccccc2)sc1CNC(=O)c1cc(-c2ccco2)[nH]n1. The van der Waals surface area contributed by atoms with Gasteiger partial charge in [0, 0.05) is 16.5 Å². The Morgan fingerprint density at radius 3 is 2.85 bits per heavy atom. The normalized spacial score (nSPS) is 10.8. The van der Waals surface area contributed by atoms with Crippen molar-refractivity contribution < 1.29 is 9.21 Å². The summed E-state index contributed by atoms with van der Waals surface area (Å²) in [5.74, 6) is 0.399. The van der Waals surface area contributed by atoms with E-state index in [1.54, 1.807) is 35.8 Å². The number of nitrogens with one attached hydrogen (secondary N) is 2. The first-order valence-electron chi connectivity index (χ1n) is 8.10. The first-order chi connectivity index (χ1) is 12.7. The number of hydrogen-bond donors (Lipinski definition) is 2. The van der Waals surface area contributed by atoms with Crippen LogP contribution in [0.2, 0.25) is 0 Å². The third kappa shape index (κ3) is 3.29. The van der Waals surface area contributed by atoms with Crippen molar-refractivity contribution in [2.75, 3.05) is 0 Å². The lowest BCUT2D eigenvalue weighted by Crippen LogP contribution is -2.23.